The Hall–Kier alpha value is -1.89. The molecule has 0 spiro atoms. The molecule has 0 unspecified atom stereocenters. The molecule has 26 heavy (non-hydrogen) atoms. The number of amides is 1. The molecule has 7 heteroatoms. The molecule has 1 saturated heterocycles. The fraction of sp³-hybridized carbons (Fsp3) is 0.421. The van der Waals surface area contributed by atoms with Gasteiger partial charge >= 0.3 is 0 Å². The van der Waals surface area contributed by atoms with Crippen LogP contribution in [0.1, 0.15) is 24.3 Å². The number of hydrogen-bond acceptors (Lipinski definition) is 4. The molecule has 2 heterocycles. The van der Waals surface area contributed by atoms with Crippen LogP contribution in [0, 0.1) is 5.82 Å². The number of piperazine rings is 1. The monoisotopic (exact) mass is 379 g/mol. The number of furan rings is 1. The van der Waals surface area contributed by atoms with Gasteiger partial charge in [0.05, 0.1) is 18.8 Å². The number of benzene rings is 1. The van der Waals surface area contributed by atoms with Crippen molar-refractivity contribution in [1.82, 2.24) is 15.1 Å². The molecule has 5 nitrogen and oxygen atoms in total. The number of hydrogen-bond donors (Lipinski definition) is 1. The van der Waals surface area contributed by atoms with Gasteiger partial charge in [0.2, 0.25) is 5.91 Å². The topological polar surface area (TPSA) is 48.7 Å². The Balaban J connectivity index is 1.45. The number of rotatable bonds is 6. The molecule has 1 aliphatic heterocycles. The van der Waals surface area contributed by atoms with Crippen LogP contribution in [-0.2, 0) is 11.3 Å². The zero-order valence-corrected chi connectivity index (χ0v) is 15.5. The Kier molecular flexibility index (Phi) is 6.29. The lowest BCUT2D eigenvalue weighted by atomic mass is 10.2. The van der Waals surface area contributed by atoms with Crippen molar-refractivity contribution in [3.05, 3.63) is 58.8 Å². The first-order valence-electron chi connectivity index (χ1n) is 8.74. The fourth-order valence-electron chi connectivity index (χ4n) is 3.05. The third-order valence-corrected chi connectivity index (χ3v) is 5.05. The second-order valence-electron chi connectivity index (χ2n) is 6.48. The van der Waals surface area contributed by atoms with E-state index in [2.05, 4.69) is 10.2 Å². The Labute approximate surface area is 157 Å². The summed E-state index contributed by atoms with van der Waals surface area (Å²) in [4.78, 5) is 16.3. The lowest BCUT2D eigenvalue weighted by Crippen LogP contribution is -2.50. The van der Waals surface area contributed by atoms with Gasteiger partial charge in [-0.25, -0.2) is 4.39 Å². The fourth-order valence-corrected chi connectivity index (χ4v) is 3.28. The van der Waals surface area contributed by atoms with Crippen molar-refractivity contribution >= 4 is 17.5 Å². The molecule has 2 aromatic rings. The molecule has 1 aliphatic rings. The van der Waals surface area contributed by atoms with Crippen molar-refractivity contribution in [1.29, 1.82) is 0 Å². The third kappa shape index (κ3) is 4.63. The zero-order valence-electron chi connectivity index (χ0n) is 14.8. The number of carbonyl (C=O) groups excluding carboxylic acids is 1. The van der Waals surface area contributed by atoms with Gasteiger partial charge in [0.25, 0.3) is 0 Å². The van der Waals surface area contributed by atoms with E-state index in [4.69, 9.17) is 16.0 Å². The van der Waals surface area contributed by atoms with Gasteiger partial charge in [-0.3, -0.25) is 15.0 Å². The maximum atomic E-state index is 13.9. The third-order valence-electron chi connectivity index (χ3n) is 4.70. The van der Waals surface area contributed by atoms with E-state index in [1.165, 1.54) is 6.07 Å². The first-order valence-corrected chi connectivity index (χ1v) is 9.12. The summed E-state index contributed by atoms with van der Waals surface area (Å²) in [5.41, 5.74) is 0.517. The molecule has 1 N–H and O–H groups in total. The molecule has 1 amide bonds. The molecular formula is C19H23ClFN3O2. The van der Waals surface area contributed by atoms with Gasteiger partial charge in [0.15, 0.2) is 0 Å². The van der Waals surface area contributed by atoms with Gasteiger partial charge in [-0.05, 0) is 31.2 Å². The molecule has 0 radical (unpaired) electrons. The van der Waals surface area contributed by atoms with Gasteiger partial charge in [-0.2, -0.15) is 0 Å². The highest BCUT2D eigenvalue weighted by atomic mass is 35.5. The average molecular weight is 380 g/mol. The average Bonchev–Trinajstić information content (AvgIpc) is 3.18. The summed E-state index contributed by atoms with van der Waals surface area (Å²) >= 11 is 6.09. The van der Waals surface area contributed by atoms with E-state index in [1.54, 1.807) is 18.4 Å². The Bertz CT molecular complexity index is 710. The quantitative estimate of drug-likeness (QED) is 0.838. The van der Waals surface area contributed by atoms with E-state index in [0.29, 0.717) is 43.3 Å². The molecule has 0 aliphatic carbocycles. The summed E-state index contributed by atoms with van der Waals surface area (Å²) in [6.07, 6.45) is 1.62. The molecule has 1 aromatic heterocycles. The van der Waals surface area contributed by atoms with Crippen molar-refractivity contribution < 1.29 is 13.6 Å². The van der Waals surface area contributed by atoms with Crippen molar-refractivity contribution in [3.63, 3.8) is 0 Å². The Morgan fingerprint density at radius 1 is 1.27 bits per heavy atom. The predicted molar refractivity (Wildman–Crippen MR) is 98.4 cm³/mol. The molecule has 3 rings (SSSR count). The van der Waals surface area contributed by atoms with Crippen LogP contribution < -0.4 is 5.32 Å². The summed E-state index contributed by atoms with van der Waals surface area (Å²) in [6.45, 7) is 5.34. The van der Waals surface area contributed by atoms with E-state index < -0.39 is 0 Å². The van der Waals surface area contributed by atoms with Crippen molar-refractivity contribution in [2.75, 3.05) is 32.7 Å². The molecule has 0 saturated carbocycles. The molecular weight excluding hydrogens is 357 g/mol. The summed E-state index contributed by atoms with van der Waals surface area (Å²) in [6, 6.07) is 8.43. The lowest BCUT2D eigenvalue weighted by Gasteiger charge is -2.35. The Morgan fingerprint density at radius 2 is 2.04 bits per heavy atom. The predicted octanol–water partition coefficient (Wildman–Crippen LogP) is 3.07. The van der Waals surface area contributed by atoms with Crippen LogP contribution in [-0.4, -0.2) is 48.4 Å². The molecule has 1 fully saturated rings. The van der Waals surface area contributed by atoms with E-state index in [-0.39, 0.29) is 24.3 Å². The van der Waals surface area contributed by atoms with Crippen LogP contribution in [0.5, 0.6) is 0 Å². The van der Waals surface area contributed by atoms with E-state index >= 15 is 0 Å². The highest BCUT2D eigenvalue weighted by Crippen LogP contribution is 2.21. The van der Waals surface area contributed by atoms with Crippen LogP contribution in [0.4, 0.5) is 4.39 Å². The molecule has 1 atom stereocenters. The van der Waals surface area contributed by atoms with Crippen LogP contribution >= 0.6 is 11.6 Å². The van der Waals surface area contributed by atoms with E-state index in [1.807, 2.05) is 24.0 Å². The van der Waals surface area contributed by atoms with Gasteiger partial charge in [-0.1, -0.05) is 17.7 Å². The van der Waals surface area contributed by atoms with Gasteiger partial charge < -0.3 is 9.32 Å². The summed E-state index contributed by atoms with van der Waals surface area (Å²) in [5.74, 6) is 0.587. The standard InChI is InChI=1S/C19H23ClFN3O2/c1-14(18-6-3-11-26-18)22-12-19(25)24-9-7-23(8-10-24)13-15-16(20)4-2-5-17(15)21/h2-6,11,14,22H,7-10,12-13H2,1H3/t14-/m1/s1. The summed E-state index contributed by atoms with van der Waals surface area (Å²) in [7, 11) is 0. The molecule has 1 aromatic carbocycles. The highest BCUT2D eigenvalue weighted by Gasteiger charge is 2.23. The second-order valence-corrected chi connectivity index (χ2v) is 6.88. The smallest absolute Gasteiger partial charge is 0.236 e. The first-order chi connectivity index (χ1) is 12.5. The summed E-state index contributed by atoms with van der Waals surface area (Å²) < 4.78 is 19.2. The molecule has 140 valence electrons. The lowest BCUT2D eigenvalue weighted by molar-refractivity contribution is -0.132. The normalized spacial score (nSPS) is 16.7. The van der Waals surface area contributed by atoms with Gasteiger partial charge in [-0.15, -0.1) is 0 Å². The minimum atomic E-state index is -0.285. The van der Waals surface area contributed by atoms with Crippen LogP contribution in [0.2, 0.25) is 5.02 Å². The van der Waals surface area contributed by atoms with Crippen molar-refractivity contribution in [3.8, 4) is 0 Å². The number of halogens is 2. The van der Waals surface area contributed by atoms with E-state index in [9.17, 15) is 9.18 Å². The van der Waals surface area contributed by atoms with Crippen LogP contribution in [0.15, 0.2) is 41.0 Å². The maximum Gasteiger partial charge on any atom is 0.236 e. The number of nitrogens with one attached hydrogen (secondary N) is 1. The number of carbonyl (C=O) groups is 1. The maximum absolute atomic E-state index is 13.9. The largest absolute Gasteiger partial charge is 0.468 e. The minimum absolute atomic E-state index is 0.0153. The zero-order chi connectivity index (χ0) is 18.5. The van der Waals surface area contributed by atoms with Crippen LogP contribution in [0.25, 0.3) is 0 Å². The summed E-state index contributed by atoms with van der Waals surface area (Å²) in [5, 5.41) is 3.63. The van der Waals surface area contributed by atoms with Crippen LogP contribution in [0.3, 0.4) is 0 Å². The minimum Gasteiger partial charge on any atom is -0.468 e. The van der Waals surface area contributed by atoms with Crippen molar-refractivity contribution in [2.24, 2.45) is 0 Å². The SMILES string of the molecule is C[C@@H](NCC(=O)N1CCN(Cc2c(F)cccc2Cl)CC1)c1ccco1. The van der Waals surface area contributed by atoms with Gasteiger partial charge in [0.1, 0.15) is 11.6 Å². The number of nitrogens with zero attached hydrogens (tertiary/aromatic N) is 2. The van der Waals surface area contributed by atoms with Crippen molar-refractivity contribution in [2.45, 2.75) is 19.5 Å². The highest BCUT2D eigenvalue weighted by molar-refractivity contribution is 6.31. The Morgan fingerprint density at radius 3 is 2.69 bits per heavy atom. The van der Waals surface area contributed by atoms with Gasteiger partial charge in [0, 0.05) is 43.3 Å². The first kappa shape index (κ1) is 18.9. The second kappa shape index (κ2) is 8.66. The van der Waals surface area contributed by atoms with E-state index in [0.717, 1.165) is 5.76 Å². The molecule has 0 bridgehead atoms.